The highest BCUT2D eigenvalue weighted by molar-refractivity contribution is 5.47. The van der Waals surface area contributed by atoms with Gasteiger partial charge in [0.25, 0.3) is 0 Å². The third-order valence-corrected chi connectivity index (χ3v) is 2.57. The van der Waals surface area contributed by atoms with Crippen molar-refractivity contribution in [2.75, 3.05) is 5.32 Å². The van der Waals surface area contributed by atoms with Gasteiger partial charge in [-0.05, 0) is 31.5 Å². The number of aromatic nitrogens is 1. The average molecular weight is 212 g/mol. The zero-order valence-electron chi connectivity index (χ0n) is 9.70. The first-order valence-corrected chi connectivity index (χ1v) is 5.47. The van der Waals surface area contributed by atoms with Gasteiger partial charge in [-0.2, -0.15) is 0 Å². The van der Waals surface area contributed by atoms with E-state index in [1.165, 1.54) is 11.1 Å². The monoisotopic (exact) mass is 212 g/mol. The lowest BCUT2D eigenvalue weighted by molar-refractivity contribution is 1.10. The van der Waals surface area contributed by atoms with Crippen LogP contribution in [0.5, 0.6) is 0 Å². The molecule has 2 rings (SSSR count). The molecule has 0 aliphatic rings. The zero-order valence-corrected chi connectivity index (χ0v) is 9.70. The maximum atomic E-state index is 4.25. The summed E-state index contributed by atoms with van der Waals surface area (Å²) in [7, 11) is 0. The molecule has 2 aromatic rings. The van der Waals surface area contributed by atoms with E-state index in [9.17, 15) is 0 Å². The molecule has 1 aromatic carbocycles. The van der Waals surface area contributed by atoms with E-state index < -0.39 is 0 Å². The lowest BCUT2D eigenvalue weighted by Crippen LogP contribution is -2.01. The van der Waals surface area contributed by atoms with Gasteiger partial charge in [0.15, 0.2) is 0 Å². The number of nitrogens with zero attached hydrogens (tertiary/aromatic N) is 1. The Morgan fingerprint density at radius 3 is 2.75 bits per heavy atom. The van der Waals surface area contributed by atoms with Crippen LogP contribution < -0.4 is 5.32 Å². The van der Waals surface area contributed by atoms with Crippen LogP contribution in [0.15, 0.2) is 42.6 Å². The van der Waals surface area contributed by atoms with Crippen LogP contribution in [0.2, 0.25) is 0 Å². The van der Waals surface area contributed by atoms with Gasteiger partial charge in [-0.15, -0.1) is 0 Å². The maximum Gasteiger partial charge on any atom is 0.0603 e. The van der Waals surface area contributed by atoms with Crippen molar-refractivity contribution in [2.24, 2.45) is 0 Å². The number of hydrogen-bond donors (Lipinski definition) is 1. The minimum absolute atomic E-state index is 0.841. The van der Waals surface area contributed by atoms with E-state index in [2.05, 4.69) is 47.6 Å². The minimum atomic E-state index is 0.841. The number of hydrogen-bond acceptors (Lipinski definition) is 2. The third kappa shape index (κ3) is 2.60. The molecule has 0 radical (unpaired) electrons. The van der Waals surface area contributed by atoms with E-state index in [-0.39, 0.29) is 0 Å². The van der Waals surface area contributed by atoms with E-state index in [4.69, 9.17) is 0 Å². The molecule has 1 N–H and O–H groups in total. The van der Waals surface area contributed by atoms with Crippen molar-refractivity contribution < 1.29 is 0 Å². The van der Waals surface area contributed by atoms with Gasteiger partial charge >= 0.3 is 0 Å². The molecule has 1 heterocycles. The second-order valence-corrected chi connectivity index (χ2v) is 3.98. The smallest absolute Gasteiger partial charge is 0.0603 e. The number of benzene rings is 1. The quantitative estimate of drug-likeness (QED) is 0.844. The van der Waals surface area contributed by atoms with Crippen molar-refractivity contribution in [2.45, 2.75) is 20.4 Å². The second kappa shape index (κ2) is 4.79. The Balaban J connectivity index is 2.05. The molecule has 0 aliphatic heterocycles. The van der Waals surface area contributed by atoms with Gasteiger partial charge in [-0.25, -0.2) is 0 Å². The van der Waals surface area contributed by atoms with Gasteiger partial charge in [0.1, 0.15) is 0 Å². The normalized spacial score (nSPS) is 10.1. The molecule has 0 bridgehead atoms. The predicted octanol–water partition coefficient (Wildman–Crippen LogP) is 3.31. The highest BCUT2D eigenvalue weighted by Crippen LogP contribution is 2.12. The second-order valence-electron chi connectivity index (χ2n) is 3.98. The predicted molar refractivity (Wildman–Crippen MR) is 67.5 cm³/mol. The lowest BCUT2D eigenvalue weighted by Gasteiger charge is -2.08. The van der Waals surface area contributed by atoms with Gasteiger partial charge in [0.05, 0.1) is 11.4 Å². The molecule has 2 nitrogen and oxygen atoms in total. The highest BCUT2D eigenvalue weighted by Gasteiger charge is 1.97. The number of aryl methyl sites for hydroxylation is 2. The first-order chi connectivity index (χ1) is 7.75. The Bertz CT molecular complexity index is 478. The van der Waals surface area contributed by atoms with E-state index in [1.807, 2.05) is 19.2 Å². The van der Waals surface area contributed by atoms with Crippen molar-refractivity contribution in [3.05, 3.63) is 59.4 Å². The van der Waals surface area contributed by atoms with Gasteiger partial charge in [0, 0.05) is 12.7 Å². The maximum absolute atomic E-state index is 4.25. The van der Waals surface area contributed by atoms with Crippen LogP contribution in [0.1, 0.15) is 16.8 Å². The Morgan fingerprint density at radius 2 is 2.00 bits per heavy atom. The molecule has 16 heavy (non-hydrogen) atoms. The number of rotatable bonds is 3. The molecular weight excluding hydrogens is 196 g/mol. The molecule has 2 heteroatoms. The fourth-order valence-corrected chi connectivity index (χ4v) is 1.69. The van der Waals surface area contributed by atoms with Gasteiger partial charge in [0.2, 0.25) is 0 Å². The van der Waals surface area contributed by atoms with Crippen molar-refractivity contribution >= 4 is 5.69 Å². The van der Waals surface area contributed by atoms with E-state index in [0.29, 0.717) is 0 Å². The van der Waals surface area contributed by atoms with Crippen LogP contribution in [0.25, 0.3) is 0 Å². The van der Waals surface area contributed by atoms with Gasteiger partial charge < -0.3 is 5.32 Å². The summed E-state index contributed by atoms with van der Waals surface area (Å²) in [4.78, 5) is 4.25. The number of pyridine rings is 1. The van der Waals surface area contributed by atoms with Crippen molar-refractivity contribution in [1.29, 1.82) is 0 Å². The van der Waals surface area contributed by atoms with Crippen LogP contribution in [0.4, 0.5) is 5.69 Å². The molecular formula is C14H16N2. The average Bonchev–Trinajstić information content (AvgIpc) is 2.28. The number of nitrogens with one attached hydrogen (secondary N) is 1. The Hall–Kier alpha value is -1.83. The van der Waals surface area contributed by atoms with Crippen molar-refractivity contribution in [3.8, 4) is 0 Å². The van der Waals surface area contributed by atoms with Crippen LogP contribution in [0.3, 0.4) is 0 Å². The summed E-state index contributed by atoms with van der Waals surface area (Å²) in [5.41, 5.74) is 4.73. The SMILES string of the molecule is Cc1cccc(CNc2cccnc2C)c1. The molecule has 82 valence electrons. The van der Waals surface area contributed by atoms with E-state index in [0.717, 1.165) is 17.9 Å². The highest BCUT2D eigenvalue weighted by atomic mass is 14.9. The first kappa shape index (κ1) is 10.7. The minimum Gasteiger partial charge on any atom is -0.380 e. The van der Waals surface area contributed by atoms with Crippen molar-refractivity contribution in [1.82, 2.24) is 4.98 Å². The first-order valence-electron chi connectivity index (χ1n) is 5.47. The van der Waals surface area contributed by atoms with E-state index >= 15 is 0 Å². The standard InChI is InChI=1S/C14H16N2/c1-11-5-3-6-13(9-11)10-16-14-7-4-8-15-12(14)2/h3-9,16H,10H2,1-2H3. The molecule has 1 aromatic heterocycles. The van der Waals surface area contributed by atoms with Crippen LogP contribution in [-0.4, -0.2) is 4.98 Å². The summed E-state index contributed by atoms with van der Waals surface area (Å²) < 4.78 is 0. The summed E-state index contributed by atoms with van der Waals surface area (Å²) in [6.45, 7) is 4.96. The molecule has 0 atom stereocenters. The molecule has 0 saturated heterocycles. The van der Waals surface area contributed by atoms with E-state index in [1.54, 1.807) is 0 Å². The Morgan fingerprint density at radius 1 is 1.12 bits per heavy atom. The summed E-state index contributed by atoms with van der Waals surface area (Å²) in [5, 5.41) is 3.39. The topological polar surface area (TPSA) is 24.9 Å². The molecule has 0 unspecified atom stereocenters. The summed E-state index contributed by atoms with van der Waals surface area (Å²) in [6.07, 6.45) is 1.81. The fourth-order valence-electron chi connectivity index (χ4n) is 1.69. The third-order valence-electron chi connectivity index (χ3n) is 2.57. The Labute approximate surface area is 96.4 Å². The van der Waals surface area contributed by atoms with Gasteiger partial charge in [-0.3, -0.25) is 4.98 Å². The Kier molecular flexibility index (Phi) is 3.20. The fraction of sp³-hybridized carbons (Fsp3) is 0.214. The zero-order chi connectivity index (χ0) is 11.4. The van der Waals surface area contributed by atoms with Gasteiger partial charge in [-0.1, -0.05) is 29.8 Å². The lowest BCUT2D eigenvalue weighted by atomic mass is 10.1. The summed E-state index contributed by atoms with van der Waals surface area (Å²) >= 11 is 0. The largest absolute Gasteiger partial charge is 0.380 e. The molecule has 0 aliphatic carbocycles. The summed E-state index contributed by atoms with van der Waals surface area (Å²) in [5.74, 6) is 0. The summed E-state index contributed by atoms with van der Waals surface area (Å²) in [6, 6.07) is 12.5. The van der Waals surface area contributed by atoms with Crippen molar-refractivity contribution in [3.63, 3.8) is 0 Å². The van der Waals surface area contributed by atoms with Crippen LogP contribution >= 0.6 is 0 Å². The van der Waals surface area contributed by atoms with Crippen LogP contribution in [-0.2, 0) is 6.54 Å². The molecule has 0 fully saturated rings. The number of anilines is 1. The molecule has 0 amide bonds. The molecule has 0 spiro atoms. The van der Waals surface area contributed by atoms with Crippen LogP contribution in [0, 0.1) is 13.8 Å². The molecule has 0 saturated carbocycles.